The second-order valence-electron chi connectivity index (χ2n) is 8.94. The molecule has 0 saturated heterocycles. The highest BCUT2D eigenvalue weighted by atomic mass is 32.2. The SMILES string of the molecule is CCOC(=O)Cn1c(=NC(=O)c2ccc(S(=O)(=O)N3CCCc4ccccc43)cc2)sc2cc([N+](=O)[O-])ccc21. The first-order valence-electron chi connectivity index (χ1n) is 12.4. The molecule has 1 aliphatic heterocycles. The van der Waals surface area contributed by atoms with Crippen molar-refractivity contribution in [2.24, 2.45) is 4.99 Å². The Hall–Kier alpha value is -4.36. The van der Waals surface area contributed by atoms with Gasteiger partial charge in [-0.3, -0.25) is 24.0 Å². The Bertz CT molecular complexity index is 1810. The number of amides is 1. The third-order valence-electron chi connectivity index (χ3n) is 6.42. The average molecular weight is 581 g/mol. The zero-order valence-electron chi connectivity index (χ0n) is 21.3. The van der Waals surface area contributed by atoms with Gasteiger partial charge in [0.2, 0.25) is 0 Å². The molecule has 1 aromatic heterocycles. The number of nitrogens with zero attached hydrogens (tertiary/aromatic N) is 4. The Morgan fingerprint density at radius 3 is 2.58 bits per heavy atom. The lowest BCUT2D eigenvalue weighted by Gasteiger charge is -2.30. The summed E-state index contributed by atoms with van der Waals surface area (Å²) in [4.78, 5) is 40.4. The van der Waals surface area contributed by atoms with Gasteiger partial charge in [-0.15, -0.1) is 0 Å². The molecule has 11 nitrogen and oxygen atoms in total. The van der Waals surface area contributed by atoms with Gasteiger partial charge in [-0.05, 0) is 61.7 Å². The van der Waals surface area contributed by atoms with Crippen molar-refractivity contribution in [2.45, 2.75) is 31.2 Å². The van der Waals surface area contributed by atoms with Crippen molar-refractivity contribution < 1.29 is 27.7 Å². The lowest BCUT2D eigenvalue weighted by Crippen LogP contribution is -2.35. The van der Waals surface area contributed by atoms with Gasteiger partial charge < -0.3 is 9.30 Å². The molecular formula is C27H24N4O7S2. The normalized spacial score (nSPS) is 13.7. The number of aryl methyl sites for hydroxylation is 1. The fraction of sp³-hybridized carbons (Fsp3) is 0.222. The largest absolute Gasteiger partial charge is 0.465 e. The lowest BCUT2D eigenvalue weighted by molar-refractivity contribution is -0.384. The monoisotopic (exact) mass is 580 g/mol. The molecule has 0 atom stereocenters. The second kappa shape index (κ2) is 11.0. The van der Waals surface area contributed by atoms with Gasteiger partial charge in [0.25, 0.3) is 21.6 Å². The minimum Gasteiger partial charge on any atom is -0.465 e. The number of rotatable bonds is 7. The summed E-state index contributed by atoms with van der Waals surface area (Å²) in [6.07, 6.45) is 1.51. The molecule has 0 fully saturated rings. The van der Waals surface area contributed by atoms with Crippen LogP contribution in [0.1, 0.15) is 29.3 Å². The molecule has 4 aromatic rings. The molecule has 206 valence electrons. The van der Waals surface area contributed by atoms with Gasteiger partial charge in [-0.2, -0.15) is 4.99 Å². The first-order valence-corrected chi connectivity index (χ1v) is 14.7. The first-order chi connectivity index (χ1) is 19.2. The number of aromatic nitrogens is 1. The van der Waals surface area contributed by atoms with Gasteiger partial charge in [0.05, 0.1) is 32.3 Å². The van der Waals surface area contributed by atoms with Crippen LogP contribution in [-0.2, 0) is 32.5 Å². The number of nitro groups is 1. The van der Waals surface area contributed by atoms with Crippen molar-refractivity contribution >= 4 is 54.8 Å². The molecule has 0 radical (unpaired) electrons. The van der Waals surface area contributed by atoms with Gasteiger partial charge in [-0.25, -0.2) is 8.42 Å². The van der Waals surface area contributed by atoms with Crippen LogP contribution in [0, 0.1) is 10.1 Å². The Kier molecular flexibility index (Phi) is 7.50. The van der Waals surface area contributed by atoms with Gasteiger partial charge in [0.15, 0.2) is 4.80 Å². The van der Waals surface area contributed by atoms with Crippen LogP contribution in [0.25, 0.3) is 10.2 Å². The Labute approximate surface area is 233 Å². The highest BCUT2D eigenvalue weighted by molar-refractivity contribution is 7.92. The van der Waals surface area contributed by atoms with E-state index >= 15 is 0 Å². The van der Waals surface area contributed by atoms with Crippen molar-refractivity contribution in [3.8, 4) is 0 Å². The van der Waals surface area contributed by atoms with E-state index in [1.165, 1.54) is 51.3 Å². The molecule has 5 rings (SSSR count). The Morgan fingerprint density at radius 2 is 1.85 bits per heavy atom. The number of esters is 1. The van der Waals surface area contributed by atoms with Crippen molar-refractivity contribution in [1.82, 2.24) is 4.57 Å². The summed E-state index contributed by atoms with van der Waals surface area (Å²) in [5, 5.41) is 11.2. The highest BCUT2D eigenvalue weighted by Gasteiger charge is 2.29. The molecule has 3 aromatic carbocycles. The van der Waals surface area contributed by atoms with E-state index in [0.29, 0.717) is 28.9 Å². The van der Waals surface area contributed by atoms with E-state index in [2.05, 4.69) is 4.99 Å². The predicted molar refractivity (Wildman–Crippen MR) is 149 cm³/mol. The van der Waals surface area contributed by atoms with Crippen LogP contribution in [0.4, 0.5) is 11.4 Å². The maximum atomic E-state index is 13.4. The zero-order valence-corrected chi connectivity index (χ0v) is 23.0. The van der Waals surface area contributed by atoms with E-state index in [0.717, 1.165) is 23.3 Å². The minimum atomic E-state index is -3.85. The summed E-state index contributed by atoms with van der Waals surface area (Å²) in [6, 6.07) is 17.1. The molecule has 1 amide bonds. The van der Waals surface area contributed by atoms with Crippen LogP contribution in [-0.4, -0.2) is 42.9 Å². The molecule has 0 N–H and O–H groups in total. The number of non-ortho nitro benzene ring substituents is 1. The molecule has 2 heterocycles. The van der Waals surface area contributed by atoms with Crippen molar-refractivity contribution in [3.63, 3.8) is 0 Å². The number of nitro benzene ring substituents is 1. The van der Waals surface area contributed by atoms with E-state index in [-0.39, 0.29) is 34.1 Å². The molecule has 1 aliphatic rings. The predicted octanol–water partition coefficient (Wildman–Crippen LogP) is 4.06. The van der Waals surface area contributed by atoms with E-state index < -0.39 is 26.8 Å². The standard InChI is InChI=1S/C27H24N4O7S2/c1-2-38-25(32)17-29-23-14-11-20(31(34)35)16-24(23)39-27(29)28-26(33)19-9-12-21(13-10-19)40(36,37)30-15-5-7-18-6-3-4-8-22(18)30/h3-4,6,8-14,16H,2,5,7,15,17H2,1H3. The molecule has 0 bridgehead atoms. The fourth-order valence-corrected chi connectivity index (χ4v) is 7.15. The summed E-state index contributed by atoms with van der Waals surface area (Å²) >= 11 is 1.02. The number of ether oxygens (including phenoxy) is 1. The third kappa shape index (κ3) is 5.25. The molecule has 0 aliphatic carbocycles. The third-order valence-corrected chi connectivity index (χ3v) is 9.29. The van der Waals surface area contributed by atoms with E-state index in [1.807, 2.05) is 12.1 Å². The summed E-state index contributed by atoms with van der Waals surface area (Å²) in [6.45, 7) is 1.95. The van der Waals surface area contributed by atoms with Crippen LogP contribution in [0.2, 0.25) is 0 Å². The summed E-state index contributed by atoms with van der Waals surface area (Å²) in [5.74, 6) is -1.21. The fourth-order valence-electron chi connectivity index (χ4n) is 4.55. The van der Waals surface area contributed by atoms with E-state index in [1.54, 1.807) is 19.1 Å². The number of fused-ring (bicyclic) bond motifs is 2. The summed E-state index contributed by atoms with van der Waals surface area (Å²) in [7, 11) is -3.85. The smallest absolute Gasteiger partial charge is 0.326 e. The van der Waals surface area contributed by atoms with E-state index in [9.17, 15) is 28.1 Å². The van der Waals surface area contributed by atoms with Crippen LogP contribution in [0.5, 0.6) is 0 Å². The van der Waals surface area contributed by atoms with Crippen molar-refractivity contribution in [3.05, 3.63) is 92.8 Å². The van der Waals surface area contributed by atoms with Crippen molar-refractivity contribution in [2.75, 3.05) is 17.5 Å². The Balaban J connectivity index is 1.48. The first kappa shape index (κ1) is 27.2. The number of carbonyl (C=O) groups is 2. The molecule has 0 spiro atoms. The number of hydrogen-bond donors (Lipinski definition) is 0. The molecule has 0 saturated carbocycles. The number of hydrogen-bond acceptors (Lipinski definition) is 8. The molecule has 13 heteroatoms. The lowest BCUT2D eigenvalue weighted by atomic mass is 10.0. The number of para-hydroxylation sites is 1. The molecule has 40 heavy (non-hydrogen) atoms. The number of anilines is 1. The number of sulfonamides is 1. The molecule has 0 unspecified atom stereocenters. The Morgan fingerprint density at radius 1 is 1.10 bits per heavy atom. The maximum Gasteiger partial charge on any atom is 0.326 e. The summed E-state index contributed by atoms with van der Waals surface area (Å²) < 4.78 is 35.2. The van der Waals surface area contributed by atoms with Crippen molar-refractivity contribution in [1.29, 1.82) is 0 Å². The van der Waals surface area contributed by atoms with Gasteiger partial charge in [0, 0.05) is 24.2 Å². The average Bonchev–Trinajstić information content (AvgIpc) is 3.28. The van der Waals surface area contributed by atoms with Gasteiger partial charge in [-0.1, -0.05) is 29.5 Å². The molecular weight excluding hydrogens is 556 g/mol. The minimum absolute atomic E-state index is 0.0484. The number of thiazole rings is 1. The quantitative estimate of drug-likeness (QED) is 0.182. The second-order valence-corrected chi connectivity index (χ2v) is 11.8. The topological polar surface area (TPSA) is 141 Å². The van der Waals surface area contributed by atoms with Gasteiger partial charge >= 0.3 is 5.97 Å². The summed E-state index contributed by atoms with van der Waals surface area (Å²) in [5.41, 5.74) is 2.11. The maximum absolute atomic E-state index is 13.4. The van der Waals surface area contributed by atoms with E-state index in [4.69, 9.17) is 4.74 Å². The van der Waals surface area contributed by atoms with Gasteiger partial charge in [0.1, 0.15) is 6.54 Å². The highest BCUT2D eigenvalue weighted by Crippen LogP contribution is 2.32. The van der Waals surface area contributed by atoms with Crippen LogP contribution in [0.15, 0.2) is 76.6 Å². The van der Waals surface area contributed by atoms with Crippen LogP contribution >= 0.6 is 11.3 Å². The van der Waals surface area contributed by atoms with Crippen LogP contribution in [0.3, 0.4) is 0 Å². The zero-order chi connectivity index (χ0) is 28.4. The number of carbonyl (C=O) groups excluding carboxylic acids is 2. The van der Waals surface area contributed by atoms with Crippen LogP contribution < -0.4 is 9.11 Å². The number of benzene rings is 3.